The van der Waals surface area contributed by atoms with Crippen molar-refractivity contribution in [1.29, 1.82) is 0 Å². The van der Waals surface area contributed by atoms with Crippen molar-refractivity contribution in [2.75, 3.05) is 5.73 Å². The van der Waals surface area contributed by atoms with Gasteiger partial charge < -0.3 is 14.7 Å². The quantitative estimate of drug-likeness (QED) is 0.702. The van der Waals surface area contributed by atoms with Crippen LogP contribution in [0, 0.1) is 5.82 Å². The summed E-state index contributed by atoms with van der Waals surface area (Å²) in [7, 11) is 0. The molecule has 2 N–H and O–H groups in total. The molecule has 0 atom stereocenters. The zero-order valence-electron chi connectivity index (χ0n) is 9.13. The van der Waals surface area contributed by atoms with Crippen LogP contribution in [0.4, 0.5) is 10.1 Å². The summed E-state index contributed by atoms with van der Waals surface area (Å²) in [6, 6.07) is 7.73. The molecule has 2 aromatic heterocycles. The number of rotatable bonds is 2. The topological polar surface area (TPSA) is 78.1 Å². The highest BCUT2D eigenvalue weighted by molar-refractivity contribution is 5.71. The Kier molecular flexibility index (Phi) is 2.33. The highest BCUT2D eigenvalue weighted by Crippen LogP contribution is 2.29. The molecule has 2 heterocycles. The molecule has 0 aliphatic carbocycles. The third-order valence-electron chi connectivity index (χ3n) is 2.43. The molecule has 18 heavy (non-hydrogen) atoms. The van der Waals surface area contributed by atoms with Gasteiger partial charge in [0.05, 0.1) is 11.8 Å². The molecule has 1 aromatic carbocycles. The van der Waals surface area contributed by atoms with Crippen molar-refractivity contribution in [2.45, 2.75) is 0 Å². The van der Waals surface area contributed by atoms with Crippen molar-refractivity contribution < 1.29 is 13.3 Å². The van der Waals surface area contributed by atoms with E-state index in [0.717, 1.165) is 0 Å². The summed E-state index contributed by atoms with van der Waals surface area (Å²) in [5.74, 6) is 0.208. The summed E-state index contributed by atoms with van der Waals surface area (Å²) in [5, 5.41) is 3.72. The molecule has 0 spiro atoms. The third kappa shape index (κ3) is 1.64. The van der Waals surface area contributed by atoms with Crippen LogP contribution in [-0.4, -0.2) is 10.1 Å². The Morgan fingerprint density at radius 2 is 2.06 bits per heavy atom. The number of nitrogens with zero attached hydrogens (tertiary/aromatic N) is 2. The zero-order chi connectivity index (χ0) is 12.5. The highest BCUT2D eigenvalue weighted by Gasteiger charge is 2.17. The van der Waals surface area contributed by atoms with E-state index in [1.807, 2.05) is 0 Å². The van der Waals surface area contributed by atoms with E-state index in [2.05, 4.69) is 10.1 Å². The number of hydrogen-bond donors (Lipinski definition) is 1. The molecule has 3 aromatic rings. The van der Waals surface area contributed by atoms with Gasteiger partial charge in [0.15, 0.2) is 5.76 Å². The number of benzene rings is 1. The molecule has 0 fully saturated rings. The molecule has 0 bridgehead atoms. The van der Waals surface area contributed by atoms with Crippen molar-refractivity contribution in [3.63, 3.8) is 0 Å². The standard InChI is InChI=1S/C12H8FN3O2/c13-7-3-1-4-8(14)10(7)12-15-11(16-18-12)9-5-2-6-17-9/h1-6H,14H2. The first-order valence-corrected chi connectivity index (χ1v) is 5.17. The smallest absolute Gasteiger partial charge is 0.263 e. The van der Waals surface area contributed by atoms with E-state index < -0.39 is 5.82 Å². The fraction of sp³-hybridized carbons (Fsp3) is 0. The largest absolute Gasteiger partial charge is 0.461 e. The molecule has 0 radical (unpaired) electrons. The van der Waals surface area contributed by atoms with Gasteiger partial charge >= 0.3 is 0 Å². The monoisotopic (exact) mass is 245 g/mol. The molecule has 6 heteroatoms. The number of nitrogen functional groups attached to an aromatic ring is 1. The zero-order valence-corrected chi connectivity index (χ0v) is 9.13. The van der Waals surface area contributed by atoms with Crippen LogP contribution in [0.2, 0.25) is 0 Å². The van der Waals surface area contributed by atoms with Crippen LogP contribution in [0.25, 0.3) is 23.0 Å². The Morgan fingerprint density at radius 3 is 2.78 bits per heavy atom. The second-order valence-corrected chi connectivity index (χ2v) is 3.60. The van der Waals surface area contributed by atoms with Gasteiger partial charge in [-0.1, -0.05) is 11.2 Å². The summed E-state index contributed by atoms with van der Waals surface area (Å²) in [6.45, 7) is 0. The molecule has 0 unspecified atom stereocenters. The van der Waals surface area contributed by atoms with Gasteiger partial charge in [-0.15, -0.1) is 0 Å². The molecule has 0 aliphatic heterocycles. The summed E-state index contributed by atoms with van der Waals surface area (Å²) in [6.07, 6.45) is 1.49. The fourth-order valence-electron chi connectivity index (χ4n) is 1.60. The highest BCUT2D eigenvalue weighted by atomic mass is 19.1. The van der Waals surface area contributed by atoms with Crippen LogP contribution < -0.4 is 5.73 Å². The van der Waals surface area contributed by atoms with Crippen molar-refractivity contribution in [3.05, 3.63) is 42.4 Å². The summed E-state index contributed by atoms with van der Waals surface area (Å²) < 4.78 is 23.8. The number of aromatic nitrogens is 2. The van der Waals surface area contributed by atoms with Crippen LogP contribution in [0.5, 0.6) is 0 Å². The number of nitrogens with two attached hydrogens (primary N) is 1. The first-order chi connectivity index (χ1) is 8.75. The second kappa shape index (κ2) is 3.99. The maximum absolute atomic E-state index is 13.7. The first-order valence-electron chi connectivity index (χ1n) is 5.17. The first kappa shape index (κ1) is 10.5. The van der Waals surface area contributed by atoms with E-state index >= 15 is 0 Å². The Balaban J connectivity index is 2.09. The van der Waals surface area contributed by atoms with E-state index in [-0.39, 0.29) is 23.0 Å². The average molecular weight is 245 g/mol. The SMILES string of the molecule is Nc1cccc(F)c1-c1nc(-c2ccco2)no1. The van der Waals surface area contributed by atoms with Crippen LogP contribution in [0.3, 0.4) is 0 Å². The van der Waals surface area contributed by atoms with Gasteiger partial charge in [-0.25, -0.2) is 4.39 Å². The molecule has 0 saturated heterocycles. The number of anilines is 1. The van der Waals surface area contributed by atoms with Gasteiger partial charge in [0, 0.05) is 5.69 Å². The minimum Gasteiger partial charge on any atom is -0.461 e. The summed E-state index contributed by atoms with van der Waals surface area (Å²) >= 11 is 0. The third-order valence-corrected chi connectivity index (χ3v) is 2.43. The van der Waals surface area contributed by atoms with E-state index in [1.54, 1.807) is 18.2 Å². The average Bonchev–Trinajstić information content (AvgIpc) is 2.99. The predicted molar refractivity (Wildman–Crippen MR) is 61.8 cm³/mol. The Hall–Kier alpha value is -2.63. The molecular weight excluding hydrogens is 237 g/mol. The normalized spacial score (nSPS) is 10.7. The van der Waals surface area contributed by atoms with Crippen molar-refractivity contribution in [1.82, 2.24) is 10.1 Å². The second-order valence-electron chi connectivity index (χ2n) is 3.60. The van der Waals surface area contributed by atoms with E-state index in [0.29, 0.717) is 5.76 Å². The maximum atomic E-state index is 13.7. The van der Waals surface area contributed by atoms with E-state index in [1.165, 1.54) is 18.4 Å². The molecule has 0 amide bonds. The molecule has 3 rings (SSSR count). The van der Waals surface area contributed by atoms with Gasteiger partial charge in [0.25, 0.3) is 5.89 Å². The van der Waals surface area contributed by atoms with Crippen LogP contribution in [0.1, 0.15) is 0 Å². The van der Waals surface area contributed by atoms with E-state index in [4.69, 9.17) is 14.7 Å². The van der Waals surface area contributed by atoms with Gasteiger partial charge in [-0.2, -0.15) is 4.98 Å². The maximum Gasteiger partial charge on any atom is 0.263 e. The van der Waals surface area contributed by atoms with Crippen LogP contribution in [-0.2, 0) is 0 Å². The lowest BCUT2D eigenvalue weighted by Crippen LogP contribution is -1.93. The van der Waals surface area contributed by atoms with Crippen molar-refractivity contribution >= 4 is 5.69 Å². The molecule has 5 nitrogen and oxygen atoms in total. The minimum atomic E-state index is -0.510. The van der Waals surface area contributed by atoms with E-state index in [9.17, 15) is 4.39 Å². The van der Waals surface area contributed by atoms with Gasteiger partial charge in [-0.3, -0.25) is 0 Å². The molecule has 90 valence electrons. The molecule has 0 aliphatic rings. The summed E-state index contributed by atoms with van der Waals surface area (Å²) in [5.41, 5.74) is 6.03. The lowest BCUT2D eigenvalue weighted by atomic mass is 10.1. The van der Waals surface area contributed by atoms with Crippen molar-refractivity contribution in [3.8, 4) is 23.0 Å². The van der Waals surface area contributed by atoms with Crippen molar-refractivity contribution in [2.24, 2.45) is 0 Å². The number of furan rings is 1. The Labute approximate surface area is 101 Å². The van der Waals surface area contributed by atoms with Gasteiger partial charge in [-0.05, 0) is 24.3 Å². The lowest BCUT2D eigenvalue weighted by molar-refractivity contribution is 0.427. The summed E-state index contributed by atoms with van der Waals surface area (Å²) in [4.78, 5) is 4.05. The predicted octanol–water partition coefficient (Wildman–Crippen LogP) is 2.72. The number of halogens is 1. The Bertz CT molecular complexity index is 656. The molecule has 0 saturated carbocycles. The Morgan fingerprint density at radius 1 is 1.17 bits per heavy atom. The molecular formula is C12H8FN3O2. The fourth-order valence-corrected chi connectivity index (χ4v) is 1.60. The van der Waals surface area contributed by atoms with Gasteiger partial charge in [0.1, 0.15) is 5.82 Å². The number of hydrogen-bond acceptors (Lipinski definition) is 5. The minimum absolute atomic E-state index is 0.0250. The van der Waals surface area contributed by atoms with Gasteiger partial charge in [0.2, 0.25) is 5.82 Å². The van der Waals surface area contributed by atoms with Crippen LogP contribution in [0.15, 0.2) is 45.5 Å². The lowest BCUT2D eigenvalue weighted by Gasteiger charge is -2.00. The van der Waals surface area contributed by atoms with Crippen LogP contribution >= 0.6 is 0 Å².